The second-order valence-corrected chi connectivity index (χ2v) is 4.07. The lowest BCUT2D eigenvalue weighted by Gasteiger charge is -2.05. The molecule has 0 aliphatic carbocycles. The molecule has 0 unspecified atom stereocenters. The monoisotopic (exact) mass is 278 g/mol. The van der Waals surface area contributed by atoms with Gasteiger partial charge in [-0.15, -0.1) is 0 Å². The molecule has 0 aliphatic rings. The smallest absolute Gasteiger partial charge is 0.336 e. The number of carbonyl (C=O) groups is 2. The standard InChI is InChI=1S/C14H14O6/c1-3-19-11(15)6-8-7-20-13-10(18-2)5-4-9(12(8)13)14(16)17/h4-5,7H,3,6H2,1-2H3,(H,16,17). The van der Waals surface area contributed by atoms with Gasteiger partial charge in [-0.3, -0.25) is 4.79 Å². The SMILES string of the molecule is CCOC(=O)Cc1coc2c(OC)ccc(C(=O)O)c12. The van der Waals surface area contributed by atoms with Gasteiger partial charge in [-0.05, 0) is 19.1 Å². The highest BCUT2D eigenvalue weighted by atomic mass is 16.5. The maximum atomic E-state index is 11.5. The summed E-state index contributed by atoms with van der Waals surface area (Å²) < 4.78 is 15.3. The van der Waals surface area contributed by atoms with Crippen LogP contribution in [0.3, 0.4) is 0 Å². The van der Waals surface area contributed by atoms with Crippen molar-refractivity contribution in [1.29, 1.82) is 0 Å². The zero-order chi connectivity index (χ0) is 14.7. The van der Waals surface area contributed by atoms with Crippen molar-refractivity contribution in [2.24, 2.45) is 0 Å². The van der Waals surface area contributed by atoms with Crippen molar-refractivity contribution in [2.75, 3.05) is 13.7 Å². The molecule has 2 aromatic rings. The molecule has 2 rings (SSSR count). The van der Waals surface area contributed by atoms with Crippen molar-refractivity contribution in [3.05, 3.63) is 29.5 Å². The molecule has 6 nitrogen and oxygen atoms in total. The molecular formula is C14H14O6. The van der Waals surface area contributed by atoms with Gasteiger partial charge in [0.2, 0.25) is 0 Å². The maximum absolute atomic E-state index is 11.5. The third-order valence-electron chi connectivity index (χ3n) is 2.85. The molecule has 0 radical (unpaired) electrons. The number of benzene rings is 1. The Bertz CT molecular complexity index is 655. The average Bonchev–Trinajstić information content (AvgIpc) is 2.82. The highest BCUT2D eigenvalue weighted by molar-refractivity contribution is 6.06. The first kappa shape index (κ1) is 13.9. The topological polar surface area (TPSA) is 86.0 Å². The normalized spacial score (nSPS) is 10.5. The molecule has 0 spiro atoms. The van der Waals surface area contributed by atoms with Crippen LogP contribution < -0.4 is 4.74 Å². The van der Waals surface area contributed by atoms with Crippen LogP contribution >= 0.6 is 0 Å². The number of methoxy groups -OCH3 is 1. The molecule has 0 amide bonds. The Balaban J connectivity index is 2.55. The molecule has 0 bridgehead atoms. The minimum absolute atomic E-state index is 0.0473. The Hall–Kier alpha value is -2.50. The van der Waals surface area contributed by atoms with E-state index in [-0.39, 0.29) is 18.6 Å². The first-order valence-corrected chi connectivity index (χ1v) is 6.04. The molecule has 0 fully saturated rings. The number of carboxylic acids is 1. The van der Waals surface area contributed by atoms with Crippen molar-refractivity contribution in [2.45, 2.75) is 13.3 Å². The van der Waals surface area contributed by atoms with Gasteiger partial charge in [0.05, 0.1) is 32.0 Å². The molecule has 0 saturated carbocycles. The Kier molecular flexibility index (Phi) is 3.93. The number of rotatable bonds is 5. The Morgan fingerprint density at radius 1 is 1.35 bits per heavy atom. The van der Waals surface area contributed by atoms with Crippen LogP contribution in [-0.4, -0.2) is 30.8 Å². The summed E-state index contributed by atoms with van der Waals surface area (Å²) in [5, 5.41) is 9.59. The van der Waals surface area contributed by atoms with E-state index in [1.807, 2.05) is 0 Å². The van der Waals surface area contributed by atoms with Gasteiger partial charge in [0.25, 0.3) is 0 Å². The van der Waals surface area contributed by atoms with Crippen molar-refractivity contribution < 1.29 is 28.6 Å². The minimum Gasteiger partial charge on any atom is -0.493 e. The van der Waals surface area contributed by atoms with Gasteiger partial charge in [-0.2, -0.15) is 0 Å². The molecule has 0 atom stereocenters. The van der Waals surface area contributed by atoms with Crippen LogP contribution in [0.1, 0.15) is 22.8 Å². The van der Waals surface area contributed by atoms with Gasteiger partial charge < -0.3 is 19.0 Å². The lowest BCUT2D eigenvalue weighted by molar-refractivity contribution is -0.142. The number of carboxylic acid groups (broad SMARTS) is 1. The fraction of sp³-hybridized carbons (Fsp3) is 0.286. The number of fused-ring (bicyclic) bond motifs is 1. The van der Waals surface area contributed by atoms with Crippen LogP contribution in [0.4, 0.5) is 0 Å². The van der Waals surface area contributed by atoms with Crippen molar-refractivity contribution in [3.8, 4) is 5.75 Å². The lowest BCUT2D eigenvalue weighted by Crippen LogP contribution is -2.08. The maximum Gasteiger partial charge on any atom is 0.336 e. The Morgan fingerprint density at radius 2 is 2.10 bits per heavy atom. The van der Waals surface area contributed by atoms with Crippen LogP contribution in [-0.2, 0) is 16.0 Å². The summed E-state index contributed by atoms with van der Waals surface area (Å²) in [6.45, 7) is 1.97. The van der Waals surface area contributed by atoms with E-state index in [1.54, 1.807) is 6.92 Å². The largest absolute Gasteiger partial charge is 0.493 e. The van der Waals surface area contributed by atoms with Gasteiger partial charge in [-0.25, -0.2) is 4.79 Å². The minimum atomic E-state index is -1.09. The third-order valence-corrected chi connectivity index (χ3v) is 2.85. The second kappa shape index (κ2) is 5.64. The molecule has 106 valence electrons. The van der Waals surface area contributed by atoms with Crippen molar-refractivity contribution >= 4 is 22.9 Å². The molecule has 1 aromatic heterocycles. The number of ether oxygens (including phenoxy) is 2. The molecule has 1 N–H and O–H groups in total. The summed E-state index contributed by atoms with van der Waals surface area (Å²) >= 11 is 0. The number of hydrogen-bond donors (Lipinski definition) is 1. The van der Waals surface area contributed by atoms with E-state index in [1.165, 1.54) is 25.5 Å². The number of aromatic carboxylic acids is 1. The summed E-state index contributed by atoms with van der Waals surface area (Å²) in [5.74, 6) is -1.11. The second-order valence-electron chi connectivity index (χ2n) is 4.07. The summed E-state index contributed by atoms with van der Waals surface area (Å²) in [7, 11) is 1.46. The van der Waals surface area contributed by atoms with Gasteiger partial charge in [0.1, 0.15) is 0 Å². The Labute approximate surface area is 114 Å². The quantitative estimate of drug-likeness (QED) is 0.844. The van der Waals surface area contributed by atoms with Crippen molar-refractivity contribution in [1.82, 2.24) is 0 Å². The van der Waals surface area contributed by atoms with Gasteiger partial charge in [0, 0.05) is 10.9 Å². The first-order valence-electron chi connectivity index (χ1n) is 6.04. The molecule has 0 saturated heterocycles. The highest BCUT2D eigenvalue weighted by Crippen LogP contribution is 2.33. The van der Waals surface area contributed by atoms with Gasteiger partial charge in [-0.1, -0.05) is 0 Å². The predicted octanol–water partition coefficient (Wildman–Crippen LogP) is 2.25. The van der Waals surface area contributed by atoms with Crippen LogP contribution in [0.2, 0.25) is 0 Å². The van der Waals surface area contributed by atoms with Crippen molar-refractivity contribution in [3.63, 3.8) is 0 Å². The van der Waals surface area contributed by atoms with E-state index in [0.29, 0.717) is 22.3 Å². The Morgan fingerprint density at radius 3 is 2.70 bits per heavy atom. The zero-order valence-corrected chi connectivity index (χ0v) is 11.1. The van der Waals surface area contributed by atoms with Crippen LogP contribution in [0.5, 0.6) is 5.75 Å². The average molecular weight is 278 g/mol. The third kappa shape index (κ3) is 2.45. The molecular weight excluding hydrogens is 264 g/mol. The number of furan rings is 1. The van der Waals surface area contributed by atoms with Gasteiger partial charge >= 0.3 is 11.9 Å². The molecule has 1 heterocycles. The fourth-order valence-corrected chi connectivity index (χ4v) is 2.02. The molecule has 20 heavy (non-hydrogen) atoms. The van der Waals surface area contributed by atoms with Gasteiger partial charge in [0.15, 0.2) is 11.3 Å². The lowest BCUT2D eigenvalue weighted by atomic mass is 10.0. The first-order chi connectivity index (χ1) is 9.58. The van der Waals surface area contributed by atoms with Crippen LogP contribution in [0.25, 0.3) is 11.0 Å². The summed E-state index contributed by atoms with van der Waals surface area (Å²) in [5.41, 5.74) is 0.843. The van der Waals surface area contributed by atoms with E-state index in [2.05, 4.69) is 0 Å². The van der Waals surface area contributed by atoms with Crippen LogP contribution in [0, 0.1) is 0 Å². The van der Waals surface area contributed by atoms with Crippen LogP contribution in [0.15, 0.2) is 22.8 Å². The number of esters is 1. The van der Waals surface area contributed by atoms with E-state index in [4.69, 9.17) is 13.9 Å². The number of hydrogen-bond acceptors (Lipinski definition) is 5. The fourth-order valence-electron chi connectivity index (χ4n) is 2.02. The van der Waals surface area contributed by atoms with E-state index in [0.717, 1.165) is 0 Å². The molecule has 6 heteroatoms. The van der Waals surface area contributed by atoms with E-state index < -0.39 is 11.9 Å². The summed E-state index contributed by atoms with van der Waals surface area (Å²) in [6, 6.07) is 2.94. The predicted molar refractivity (Wildman–Crippen MR) is 70.1 cm³/mol. The summed E-state index contributed by atoms with van der Waals surface area (Å²) in [4.78, 5) is 22.8. The molecule has 1 aromatic carbocycles. The summed E-state index contributed by atoms with van der Waals surface area (Å²) in [6.07, 6.45) is 1.31. The van der Waals surface area contributed by atoms with E-state index >= 15 is 0 Å². The highest BCUT2D eigenvalue weighted by Gasteiger charge is 2.20. The molecule has 0 aliphatic heterocycles. The zero-order valence-electron chi connectivity index (χ0n) is 11.1. The van der Waals surface area contributed by atoms with E-state index in [9.17, 15) is 14.7 Å². The number of carbonyl (C=O) groups excluding carboxylic acids is 1.